The zero-order chi connectivity index (χ0) is 22.9. The molecule has 2 aromatic heterocycles. The molecule has 0 fully saturated rings. The van der Waals surface area contributed by atoms with Crippen LogP contribution in [0.25, 0.3) is 44.8 Å². The third kappa shape index (κ3) is 3.46. The fourth-order valence-electron chi connectivity index (χ4n) is 4.29. The number of carbonyl (C=O) groups is 1. The number of amides is 1. The Balaban J connectivity index is 1.76. The van der Waals surface area contributed by atoms with Crippen molar-refractivity contribution in [2.75, 3.05) is 0 Å². The molecule has 33 heavy (non-hydrogen) atoms. The van der Waals surface area contributed by atoms with E-state index in [0.29, 0.717) is 11.3 Å². The van der Waals surface area contributed by atoms with Crippen molar-refractivity contribution >= 4 is 33.8 Å². The van der Waals surface area contributed by atoms with Crippen molar-refractivity contribution in [2.45, 2.75) is 13.5 Å². The maximum atomic E-state index is 11.7. The Bertz CT molecular complexity index is 1580. The fourth-order valence-corrected chi connectivity index (χ4v) is 4.29. The molecular weight excluding hydrogens is 410 g/mol. The third-order valence-corrected chi connectivity index (χ3v) is 5.81. The van der Waals surface area contributed by atoms with Crippen LogP contribution in [0.1, 0.15) is 12.5 Å². The molecule has 0 saturated heterocycles. The van der Waals surface area contributed by atoms with E-state index in [0.717, 1.165) is 28.7 Å². The van der Waals surface area contributed by atoms with E-state index in [1.54, 1.807) is 4.68 Å². The molecule has 160 valence electrons. The molecule has 0 atom stereocenters. The van der Waals surface area contributed by atoms with Gasteiger partial charge in [-0.15, -0.1) is 0 Å². The number of para-hydroxylation sites is 2. The monoisotopic (exact) mass is 431 g/mol. The predicted octanol–water partition coefficient (Wildman–Crippen LogP) is 5.06. The molecule has 0 aliphatic heterocycles. The normalized spacial score (nSPS) is 11.7. The SMILES string of the molecule is CCn1c2ccccc2c2cc(-c3nn(-c4ccccc4)cc3/C=C(\C#N)C(N)=O)ccc21. The first-order chi connectivity index (χ1) is 16.1. The molecule has 2 heterocycles. The molecule has 0 spiro atoms. The second-order valence-corrected chi connectivity index (χ2v) is 7.74. The molecule has 0 bridgehead atoms. The van der Waals surface area contributed by atoms with Gasteiger partial charge in [0.05, 0.1) is 5.69 Å². The van der Waals surface area contributed by atoms with Crippen LogP contribution in [0.15, 0.2) is 84.6 Å². The highest BCUT2D eigenvalue weighted by Crippen LogP contribution is 2.34. The second kappa shape index (κ2) is 8.13. The number of carbonyl (C=O) groups excluding carboxylic acids is 1. The summed E-state index contributed by atoms with van der Waals surface area (Å²) in [5, 5.41) is 16.5. The standard InChI is InChI=1S/C27H21N5O/c1-2-31-24-11-7-6-10-22(24)23-15-18(12-13-25(23)31)26-20(14-19(16-28)27(29)33)17-32(30-26)21-8-4-3-5-9-21/h3-15,17H,2H2,1H3,(H2,29,33)/b19-14+. The van der Waals surface area contributed by atoms with Crippen LogP contribution in [0.5, 0.6) is 0 Å². The number of aryl methyl sites for hydroxylation is 1. The first-order valence-corrected chi connectivity index (χ1v) is 10.7. The van der Waals surface area contributed by atoms with Gasteiger partial charge in [-0.05, 0) is 43.3 Å². The van der Waals surface area contributed by atoms with Crippen molar-refractivity contribution in [3.8, 4) is 23.0 Å². The smallest absolute Gasteiger partial charge is 0.259 e. The lowest BCUT2D eigenvalue weighted by atomic mass is 10.0. The summed E-state index contributed by atoms with van der Waals surface area (Å²) in [6.07, 6.45) is 3.31. The average molecular weight is 431 g/mol. The molecule has 2 N–H and O–H groups in total. The number of nitrogens with zero attached hydrogens (tertiary/aromatic N) is 4. The lowest BCUT2D eigenvalue weighted by Gasteiger charge is -2.04. The highest BCUT2D eigenvalue weighted by Gasteiger charge is 2.16. The fraction of sp³-hybridized carbons (Fsp3) is 0.0741. The largest absolute Gasteiger partial charge is 0.365 e. The summed E-state index contributed by atoms with van der Waals surface area (Å²) in [7, 11) is 0. The minimum atomic E-state index is -0.766. The van der Waals surface area contributed by atoms with Crippen LogP contribution in [0.3, 0.4) is 0 Å². The second-order valence-electron chi connectivity index (χ2n) is 7.74. The van der Waals surface area contributed by atoms with Gasteiger partial charge in [-0.1, -0.05) is 42.5 Å². The Morgan fingerprint density at radius 2 is 1.76 bits per heavy atom. The first kappa shape index (κ1) is 20.3. The van der Waals surface area contributed by atoms with Crippen molar-refractivity contribution in [3.63, 3.8) is 0 Å². The zero-order valence-corrected chi connectivity index (χ0v) is 18.1. The highest BCUT2D eigenvalue weighted by atomic mass is 16.1. The molecular formula is C27H21N5O. The Kier molecular flexibility index (Phi) is 5.00. The van der Waals surface area contributed by atoms with Crippen LogP contribution < -0.4 is 5.73 Å². The Labute approximate surface area is 190 Å². The molecule has 0 unspecified atom stereocenters. The molecule has 5 rings (SSSR count). The summed E-state index contributed by atoms with van der Waals surface area (Å²) < 4.78 is 4.04. The molecule has 1 amide bonds. The van der Waals surface area contributed by atoms with Gasteiger partial charge in [0.2, 0.25) is 0 Å². The van der Waals surface area contributed by atoms with E-state index < -0.39 is 5.91 Å². The number of benzene rings is 3. The van der Waals surface area contributed by atoms with Crippen LogP contribution in [0.2, 0.25) is 0 Å². The van der Waals surface area contributed by atoms with Gasteiger partial charge in [-0.25, -0.2) is 4.68 Å². The van der Waals surface area contributed by atoms with Gasteiger partial charge in [0.25, 0.3) is 5.91 Å². The van der Waals surface area contributed by atoms with Crippen molar-refractivity contribution in [3.05, 3.63) is 90.1 Å². The van der Waals surface area contributed by atoms with Gasteiger partial charge < -0.3 is 10.3 Å². The van der Waals surface area contributed by atoms with Crippen molar-refractivity contribution < 1.29 is 4.79 Å². The maximum Gasteiger partial charge on any atom is 0.259 e. The Morgan fingerprint density at radius 3 is 2.48 bits per heavy atom. The topological polar surface area (TPSA) is 89.6 Å². The molecule has 5 aromatic rings. The molecule has 6 heteroatoms. The van der Waals surface area contributed by atoms with E-state index in [9.17, 15) is 10.1 Å². The first-order valence-electron chi connectivity index (χ1n) is 10.7. The van der Waals surface area contributed by atoms with Crippen LogP contribution >= 0.6 is 0 Å². The average Bonchev–Trinajstić information content (AvgIpc) is 3.41. The van der Waals surface area contributed by atoms with Gasteiger partial charge in [0, 0.05) is 45.7 Å². The summed E-state index contributed by atoms with van der Waals surface area (Å²) >= 11 is 0. The number of nitrogens with two attached hydrogens (primary N) is 1. The van der Waals surface area contributed by atoms with E-state index in [-0.39, 0.29) is 5.57 Å². The van der Waals surface area contributed by atoms with Gasteiger partial charge in [0.1, 0.15) is 17.3 Å². The number of aromatic nitrogens is 3. The summed E-state index contributed by atoms with van der Waals surface area (Å²) in [5.74, 6) is -0.766. The number of hydrogen-bond acceptors (Lipinski definition) is 3. The van der Waals surface area contributed by atoms with Gasteiger partial charge in [-0.3, -0.25) is 4.79 Å². The van der Waals surface area contributed by atoms with Gasteiger partial charge >= 0.3 is 0 Å². The number of hydrogen-bond donors (Lipinski definition) is 1. The summed E-state index contributed by atoms with van der Waals surface area (Å²) in [6.45, 7) is 3.00. The van der Waals surface area contributed by atoms with Crippen LogP contribution in [0.4, 0.5) is 0 Å². The Morgan fingerprint density at radius 1 is 1.03 bits per heavy atom. The summed E-state index contributed by atoms with van der Waals surface area (Å²) in [5.41, 5.74) is 10.7. The number of nitriles is 1. The molecule has 0 saturated carbocycles. The lowest BCUT2D eigenvalue weighted by Crippen LogP contribution is -2.12. The van der Waals surface area contributed by atoms with E-state index in [4.69, 9.17) is 10.8 Å². The molecule has 3 aromatic carbocycles. The molecule has 0 radical (unpaired) electrons. The zero-order valence-electron chi connectivity index (χ0n) is 18.1. The van der Waals surface area contributed by atoms with Crippen LogP contribution in [-0.4, -0.2) is 20.3 Å². The lowest BCUT2D eigenvalue weighted by molar-refractivity contribution is -0.114. The molecule has 0 aliphatic rings. The number of rotatable bonds is 5. The van der Waals surface area contributed by atoms with E-state index in [1.807, 2.05) is 60.8 Å². The number of primary amides is 1. The predicted molar refractivity (Wildman–Crippen MR) is 130 cm³/mol. The molecule has 6 nitrogen and oxygen atoms in total. The van der Waals surface area contributed by atoms with Crippen molar-refractivity contribution in [2.24, 2.45) is 5.73 Å². The van der Waals surface area contributed by atoms with Gasteiger partial charge in [0.15, 0.2) is 0 Å². The minimum Gasteiger partial charge on any atom is -0.365 e. The minimum absolute atomic E-state index is 0.118. The highest BCUT2D eigenvalue weighted by molar-refractivity contribution is 6.09. The van der Waals surface area contributed by atoms with E-state index in [2.05, 4.69) is 35.8 Å². The molecule has 0 aliphatic carbocycles. The van der Waals surface area contributed by atoms with Crippen molar-refractivity contribution in [1.29, 1.82) is 5.26 Å². The van der Waals surface area contributed by atoms with Crippen LogP contribution in [-0.2, 0) is 11.3 Å². The number of fused-ring (bicyclic) bond motifs is 3. The van der Waals surface area contributed by atoms with Crippen molar-refractivity contribution in [1.82, 2.24) is 14.3 Å². The van der Waals surface area contributed by atoms with Gasteiger partial charge in [-0.2, -0.15) is 10.4 Å². The van der Waals surface area contributed by atoms with E-state index in [1.165, 1.54) is 17.0 Å². The summed E-state index contributed by atoms with van der Waals surface area (Å²) in [4.78, 5) is 11.7. The Hall–Kier alpha value is -4.63. The maximum absolute atomic E-state index is 11.7. The van der Waals surface area contributed by atoms with Crippen LogP contribution in [0, 0.1) is 11.3 Å². The third-order valence-electron chi connectivity index (χ3n) is 5.81. The van der Waals surface area contributed by atoms with E-state index >= 15 is 0 Å². The quantitative estimate of drug-likeness (QED) is 0.312. The summed E-state index contributed by atoms with van der Waals surface area (Å²) in [6, 6.07) is 26.2.